The molecule has 5 nitrogen and oxygen atoms in total. The Morgan fingerprint density at radius 3 is 2.46 bits per heavy atom. The van der Waals surface area contributed by atoms with E-state index in [0.717, 1.165) is 30.1 Å². The van der Waals surface area contributed by atoms with Gasteiger partial charge in [0.2, 0.25) is 5.90 Å². The van der Waals surface area contributed by atoms with Gasteiger partial charge in [-0.05, 0) is 79.9 Å². The largest absolute Gasteiger partial charge is 0.497 e. The number of anilines is 1. The van der Waals surface area contributed by atoms with Crippen molar-refractivity contribution in [2.24, 2.45) is 10.2 Å². The topological polar surface area (TPSA) is 57.4 Å². The number of hydrogen-bond donors (Lipinski definition) is 1. The first-order valence-corrected chi connectivity index (χ1v) is 11.2. The number of methoxy groups -OCH3 is 1. The predicted octanol–water partition coefficient (Wildman–Crippen LogP) is 6.05. The number of likely N-dealkylation sites (N-methyl/N-ethyl adjacent to an activating group) is 1. The number of aliphatic hydroxyl groups is 1. The molecule has 0 saturated heterocycles. The van der Waals surface area contributed by atoms with Crippen LogP contribution in [0.5, 0.6) is 5.75 Å². The van der Waals surface area contributed by atoms with E-state index in [2.05, 4.69) is 65.3 Å². The van der Waals surface area contributed by atoms with Crippen molar-refractivity contribution in [3.05, 3.63) is 107 Å². The summed E-state index contributed by atoms with van der Waals surface area (Å²) >= 11 is 0. The van der Waals surface area contributed by atoms with Crippen LogP contribution in [-0.2, 0) is 28.6 Å². The van der Waals surface area contributed by atoms with Gasteiger partial charge in [0.05, 0.1) is 13.3 Å². The molecule has 1 aliphatic heterocycles. The first-order valence-electron chi connectivity index (χ1n) is 11.2. The van der Waals surface area contributed by atoms with Gasteiger partial charge in [-0.2, -0.15) is 5.10 Å². The summed E-state index contributed by atoms with van der Waals surface area (Å²) in [5.41, 5.74) is 4.72. The van der Waals surface area contributed by atoms with E-state index in [1.807, 2.05) is 18.2 Å². The SMILES string of the molecule is CCN1\C(=C/C=N/N=C(\O)c2ccc(F)cc2)C(C)(Cc2ccccc2)c2cc(OC)ccc21.[Co]. The molecule has 1 radical (unpaired) electrons. The van der Waals surface area contributed by atoms with Gasteiger partial charge in [-0.3, -0.25) is 0 Å². The summed E-state index contributed by atoms with van der Waals surface area (Å²) in [6.07, 6.45) is 4.33. The molecule has 0 aromatic heterocycles. The van der Waals surface area contributed by atoms with Crippen molar-refractivity contribution < 1.29 is 31.0 Å². The van der Waals surface area contributed by atoms with Crippen LogP contribution >= 0.6 is 0 Å². The van der Waals surface area contributed by atoms with Crippen LogP contribution in [-0.4, -0.2) is 30.9 Å². The Labute approximate surface area is 215 Å². The van der Waals surface area contributed by atoms with Gasteiger partial charge in [0, 0.05) is 45.7 Å². The maximum atomic E-state index is 13.1. The Morgan fingerprint density at radius 1 is 1.09 bits per heavy atom. The maximum absolute atomic E-state index is 13.1. The van der Waals surface area contributed by atoms with E-state index in [0.29, 0.717) is 5.56 Å². The second kappa shape index (κ2) is 11.3. The fourth-order valence-electron chi connectivity index (χ4n) is 4.54. The fourth-order valence-corrected chi connectivity index (χ4v) is 4.54. The predicted molar refractivity (Wildman–Crippen MR) is 136 cm³/mol. The van der Waals surface area contributed by atoms with Crippen LogP contribution in [0.1, 0.15) is 30.5 Å². The van der Waals surface area contributed by atoms with Crippen molar-refractivity contribution >= 4 is 17.8 Å². The van der Waals surface area contributed by atoms with Crippen LogP contribution in [0.3, 0.4) is 0 Å². The molecule has 1 aliphatic rings. The molecule has 1 unspecified atom stereocenters. The third kappa shape index (κ3) is 5.47. The number of nitrogens with zero attached hydrogens (tertiary/aromatic N) is 3. The molecule has 0 saturated carbocycles. The normalized spacial score (nSPS) is 18.6. The molecule has 1 heterocycles. The molecule has 3 aromatic rings. The number of aliphatic hydroxyl groups excluding tert-OH is 1. The summed E-state index contributed by atoms with van der Waals surface area (Å²) in [4.78, 5) is 2.27. The van der Waals surface area contributed by atoms with Crippen LogP contribution < -0.4 is 9.64 Å². The van der Waals surface area contributed by atoms with Gasteiger partial charge in [-0.15, -0.1) is 5.10 Å². The average molecular weight is 516 g/mol. The number of hydrogen-bond acceptors (Lipinski definition) is 4. The van der Waals surface area contributed by atoms with E-state index in [1.54, 1.807) is 13.3 Å². The van der Waals surface area contributed by atoms with Crippen molar-refractivity contribution in [2.45, 2.75) is 25.7 Å². The minimum Gasteiger partial charge on any atom is -0.497 e. The average Bonchev–Trinajstić information content (AvgIpc) is 3.09. The van der Waals surface area contributed by atoms with Gasteiger partial charge in [0.25, 0.3) is 0 Å². The summed E-state index contributed by atoms with van der Waals surface area (Å²) in [6, 6.07) is 22.0. The summed E-state index contributed by atoms with van der Waals surface area (Å²) in [5, 5.41) is 18.1. The zero-order valence-electron chi connectivity index (χ0n) is 19.9. The molecular weight excluding hydrogens is 488 g/mol. The van der Waals surface area contributed by atoms with Gasteiger partial charge in [-0.1, -0.05) is 30.3 Å². The molecule has 0 aliphatic carbocycles. The second-order valence-corrected chi connectivity index (χ2v) is 8.37. The molecule has 7 heteroatoms. The standard InChI is InChI=1S/C28H28FN3O2.Co/c1-4-32-25-15-14-23(34-3)18-24(25)28(2,19-20-8-6-5-7-9-20)26(32)16-17-30-31-27(33)21-10-12-22(29)13-11-21;/h5-18H,4,19H2,1-3H3,(H,31,33);/b26-16-,30-17+;. The Balaban J connectivity index is 0.00000342. The van der Waals surface area contributed by atoms with Crippen LogP contribution in [0.4, 0.5) is 10.1 Å². The van der Waals surface area contributed by atoms with E-state index < -0.39 is 0 Å². The number of fused-ring (bicyclic) bond motifs is 1. The molecular formula is C28H28CoFN3O2. The van der Waals surface area contributed by atoms with E-state index in [-0.39, 0.29) is 33.9 Å². The van der Waals surface area contributed by atoms with E-state index in [1.165, 1.54) is 35.4 Å². The third-order valence-electron chi connectivity index (χ3n) is 6.22. The minimum atomic E-state index is -0.375. The maximum Gasteiger partial charge on any atom is 0.238 e. The first kappa shape index (κ1) is 26.2. The molecule has 4 rings (SSSR count). The molecule has 1 N–H and O–H groups in total. The molecule has 0 bridgehead atoms. The van der Waals surface area contributed by atoms with Crippen molar-refractivity contribution in [2.75, 3.05) is 18.6 Å². The summed E-state index contributed by atoms with van der Waals surface area (Å²) < 4.78 is 18.6. The Bertz CT molecular complexity index is 1240. The van der Waals surface area contributed by atoms with Crippen LogP contribution in [0.15, 0.2) is 94.8 Å². The van der Waals surface area contributed by atoms with Crippen molar-refractivity contribution in [3.8, 4) is 5.75 Å². The van der Waals surface area contributed by atoms with E-state index >= 15 is 0 Å². The van der Waals surface area contributed by atoms with Gasteiger partial charge in [-0.25, -0.2) is 4.39 Å². The Hall–Kier alpha value is -3.42. The number of allylic oxidation sites excluding steroid dienone is 2. The van der Waals surface area contributed by atoms with Gasteiger partial charge in [0.1, 0.15) is 11.6 Å². The van der Waals surface area contributed by atoms with E-state index in [9.17, 15) is 9.50 Å². The third-order valence-corrected chi connectivity index (χ3v) is 6.22. The van der Waals surface area contributed by atoms with Gasteiger partial charge in [0.15, 0.2) is 0 Å². The molecule has 183 valence electrons. The molecule has 0 spiro atoms. The summed E-state index contributed by atoms with van der Waals surface area (Å²) in [7, 11) is 1.68. The Kier molecular flexibility index (Phi) is 8.48. The van der Waals surface area contributed by atoms with Crippen LogP contribution in [0.25, 0.3) is 0 Å². The summed E-state index contributed by atoms with van der Waals surface area (Å²) in [5.74, 6) is 0.172. The van der Waals surface area contributed by atoms with E-state index in [4.69, 9.17) is 4.74 Å². The molecule has 1 atom stereocenters. The van der Waals surface area contributed by atoms with Crippen LogP contribution in [0, 0.1) is 5.82 Å². The van der Waals surface area contributed by atoms with Crippen molar-refractivity contribution in [1.82, 2.24) is 0 Å². The molecule has 0 fully saturated rings. The van der Waals surface area contributed by atoms with Crippen LogP contribution in [0.2, 0.25) is 0 Å². The second-order valence-electron chi connectivity index (χ2n) is 8.37. The summed E-state index contributed by atoms with van der Waals surface area (Å²) in [6.45, 7) is 5.13. The molecule has 0 amide bonds. The molecule has 3 aromatic carbocycles. The van der Waals surface area contributed by atoms with Gasteiger partial charge >= 0.3 is 0 Å². The zero-order valence-corrected chi connectivity index (χ0v) is 20.9. The smallest absolute Gasteiger partial charge is 0.238 e. The number of halogens is 1. The van der Waals surface area contributed by atoms with Gasteiger partial charge < -0.3 is 14.7 Å². The fraction of sp³-hybridized carbons (Fsp3) is 0.214. The van der Waals surface area contributed by atoms with Crippen molar-refractivity contribution in [3.63, 3.8) is 0 Å². The monoisotopic (exact) mass is 516 g/mol. The quantitative estimate of drug-likeness (QED) is 0.237. The number of rotatable bonds is 7. The van der Waals surface area contributed by atoms with Crippen molar-refractivity contribution in [1.29, 1.82) is 0 Å². The minimum absolute atomic E-state index is 0. The Morgan fingerprint density at radius 2 is 1.80 bits per heavy atom. The first-order chi connectivity index (χ1) is 16.5. The molecule has 35 heavy (non-hydrogen) atoms. The number of benzene rings is 3. The zero-order chi connectivity index (χ0) is 24.1. The number of ether oxygens (including phenoxy) is 1.